The molecular formula is C10H18O2. The van der Waals surface area contributed by atoms with Gasteiger partial charge in [-0.05, 0) is 25.2 Å². The van der Waals surface area contributed by atoms with Crippen molar-refractivity contribution in [2.75, 3.05) is 7.11 Å². The summed E-state index contributed by atoms with van der Waals surface area (Å²) in [5, 5.41) is 0. The van der Waals surface area contributed by atoms with Crippen molar-refractivity contribution >= 4 is 5.78 Å². The van der Waals surface area contributed by atoms with Crippen LogP contribution in [-0.2, 0) is 9.53 Å². The molecule has 0 aromatic heterocycles. The van der Waals surface area contributed by atoms with Gasteiger partial charge in [-0.2, -0.15) is 0 Å². The van der Waals surface area contributed by atoms with Crippen LogP contribution in [0, 0.1) is 5.92 Å². The van der Waals surface area contributed by atoms with Gasteiger partial charge in [-0.25, -0.2) is 0 Å². The molecule has 0 radical (unpaired) electrons. The molecule has 1 atom stereocenters. The standard InChI is InChI=1S/C10H18O2/c1-3-10(12-2)8-4-6-9(11)7-5-8/h8,10H,3-7H2,1-2H3. The molecule has 1 fully saturated rings. The van der Waals surface area contributed by atoms with Gasteiger partial charge in [0.2, 0.25) is 0 Å². The highest BCUT2D eigenvalue weighted by atomic mass is 16.5. The van der Waals surface area contributed by atoms with Crippen LogP contribution in [0.5, 0.6) is 0 Å². The maximum atomic E-state index is 11.0. The summed E-state index contributed by atoms with van der Waals surface area (Å²) in [5.74, 6) is 1.05. The fourth-order valence-corrected chi connectivity index (χ4v) is 2.03. The average Bonchev–Trinajstić information content (AvgIpc) is 2.10. The van der Waals surface area contributed by atoms with E-state index in [1.165, 1.54) is 0 Å². The second-order valence-electron chi connectivity index (χ2n) is 3.56. The Balaban J connectivity index is 2.37. The molecule has 1 aliphatic carbocycles. The van der Waals surface area contributed by atoms with Crippen LogP contribution >= 0.6 is 0 Å². The van der Waals surface area contributed by atoms with Crippen molar-refractivity contribution in [2.24, 2.45) is 5.92 Å². The third-order valence-corrected chi connectivity index (χ3v) is 2.82. The third-order valence-electron chi connectivity index (χ3n) is 2.82. The van der Waals surface area contributed by atoms with E-state index in [1.807, 2.05) is 0 Å². The molecule has 0 amide bonds. The molecule has 2 nitrogen and oxygen atoms in total. The summed E-state index contributed by atoms with van der Waals surface area (Å²) in [6, 6.07) is 0. The first-order valence-electron chi connectivity index (χ1n) is 4.82. The molecule has 0 N–H and O–H groups in total. The second kappa shape index (κ2) is 4.61. The lowest BCUT2D eigenvalue weighted by molar-refractivity contribution is -0.122. The topological polar surface area (TPSA) is 26.3 Å². The number of hydrogen-bond acceptors (Lipinski definition) is 2. The van der Waals surface area contributed by atoms with Gasteiger partial charge in [0.25, 0.3) is 0 Å². The predicted molar refractivity (Wildman–Crippen MR) is 48.1 cm³/mol. The number of ether oxygens (including phenoxy) is 1. The summed E-state index contributed by atoms with van der Waals surface area (Å²) < 4.78 is 5.36. The highest BCUT2D eigenvalue weighted by molar-refractivity contribution is 5.79. The van der Waals surface area contributed by atoms with Crippen LogP contribution in [0.2, 0.25) is 0 Å². The first-order valence-corrected chi connectivity index (χ1v) is 4.82. The highest BCUT2D eigenvalue weighted by Gasteiger charge is 2.24. The minimum absolute atomic E-state index is 0.373. The van der Waals surface area contributed by atoms with E-state index < -0.39 is 0 Å². The quantitative estimate of drug-likeness (QED) is 0.649. The first kappa shape index (κ1) is 9.72. The van der Waals surface area contributed by atoms with Crippen molar-refractivity contribution in [1.82, 2.24) is 0 Å². The molecule has 0 heterocycles. The molecule has 12 heavy (non-hydrogen) atoms. The number of carbonyl (C=O) groups is 1. The van der Waals surface area contributed by atoms with Crippen LogP contribution in [0.15, 0.2) is 0 Å². The predicted octanol–water partition coefficient (Wildman–Crippen LogP) is 2.17. The van der Waals surface area contributed by atoms with E-state index in [0.29, 0.717) is 17.8 Å². The smallest absolute Gasteiger partial charge is 0.132 e. The van der Waals surface area contributed by atoms with Crippen molar-refractivity contribution in [3.8, 4) is 0 Å². The summed E-state index contributed by atoms with van der Waals surface area (Å²) in [5.41, 5.74) is 0. The van der Waals surface area contributed by atoms with Crippen molar-refractivity contribution in [3.05, 3.63) is 0 Å². The van der Waals surface area contributed by atoms with Gasteiger partial charge in [0.1, 0.15) is 5.78 Å². The van der Waals surface area contributed by atoms with Crippen LogP contribution in [0.4, 0.5) is 0 Å². The molecule has 1 saturated carbocycles. The Bertz CT molecular complexity index is 140. The Labute approximate surface area is 74.3 Å². The molecule has 0 aromatic carbocycles. The Hall–Kier alpha value is -0.370. The number of rotatable bonds is 3. The van der Waals surface area contributed by atoms with E-state index in [9.17, 15) is 4.79 Å². The zero-order chi connectivity index (χ0) is 8.97. The van der Waals surface area contributed by atoms with Gasteiger partial charge >= 0.3 is 0 Å². The molecule has 2 heteroatoms. The SMILES string of the molecule is CCC(OC)C1CCC(=O)CC1. The second-order valence-corrected chi connectivity index (χ2v) is 3.56. The van der Waals surface area contributed by atoms with Crippen molar-refractivity contribution < 1.29 is 9.53 Å². The zero-order valence-electron chi connectivity index (χ0n) is 8.01. The summed E-state index contributed by atoms with van der Waals surface area (Å²) >= 11 is 0. The van der Waals surface area contributed by atoms with Crippen LogP contribution < -0.4 is 0 Å². The fraction of sp³-hybridized carbons (Fsp3) is 0.900. The van der Waals surface area contributed by atoms with Gasteiger partial charge in [0.05, 0.1) is 6.10 Å². The summed E-state index contributed by atoms with van der Waals surface area (Å²) in [6.45, 7) is 2.14. The van der Waals surface area contributed by atoms with Gasteiger partial charge in [-0.15, -0.1) is 0 Å². The number of ketones is 1. The molecule has 0 saturated heterocycles. The fourth-order valence-electron chi connectivity index (χ4n) is 2.03. The number of hydrogen-bond donors (Lipinski definition) is 0. The highest BCUT2D eigenvalue weighted by Crippen LogP contribution is 2.27. The summed E-state index contributed by atoms with van der Waals surface area (Å²) in [4.78, 5) is 11.0. The Morgan fingerprint density at radius 1 is 1.50 bits per heavy atom. The minimum atomic E-state index is 0.373. The molecule has 1 aliphatic rings. The van der Waals surface area contributed by atoms with E-state index in [-0.39, 0.29) is 0 Å². The number of methoxy groups -OCH3 is 1. The van der Waals surface area contributed by atoms with Crippen molar-refractivity contribution in [3.63, 3.8) is 0 Å². The molecule has 0 aromatic rings. The molecule has 1 unspecified atom stereocenters. The zero-order valence-corrected chi connectivity index (χ0v) is 8.01. The molecule has 0 aliphatic heterocycles. The van der Waals surface area contributed by atoms with E-state index in [1.54, 1.807) is 7.11 Å². The van der Waals surface area contributed by atoms with Gasteiger partial charge < -0.3 is 4.74 Å². The number of carbonyl (C=O) groups excluding carboxylic acids is 1. The maximum Gasteiger partial charge on any atom is 0.132 e. The molecule has 0 bridgehead atoms. The van der Waals surface area contributed by atoms with Crippen LogP contribution in [0.25, 0.3) is 0 Å². The van der Waals surface area contributed by atoms with Crippen LogP contribution in [0.1, 0.15) is 39.0 Å². The lowest BCUT2D eigenvalue weighted by atomic mass is 9.84. The molecule has 0 spiro atoms. The third kappa shape index (κ3) is 2.31. The van der Waals surface area contributed by atoms with Crippen molar-refractivity contribution in [1.29, 1.82) is 0 Å². The minimum Gasteiger partial charge on any atom is -0.381 e. The van der Waals surface area contributed by atoms with Gasteiger partial charge in [0, 0.05) is 20.0 Å². The largest absolute Gasteiger partial charge is 0.381 e. The van der Waals surface area contributed by atoms with Crippen LogP contribution in [0.3, 0.4) is 0 Å². The van der Waals surface area contributed by atoms with Gasteiger partial charge in [-0.3, -0.25) is 4.79 Å². The Kier molecular flexibility index (Phi) is 3.73. The summed E-state index contributed by atoms with van der Waals surface area (Å²) in [6.07, 6.45) is 5.04. The molecule has 1 rings (SSSR count). The van der Waals surface area contributed by atoms with Gasteiger partial charge in [-0.1, -0.05) is 6.92 Å². The monoisotopic (exact) mass is 170 g/mol. The lowest BCUT2D eigenvalue weighted by Gasteiger charge is -2.27. The number of Topliss-reactive ketones (excluding diaryl/α,β-unsaturated/α-hetero) is 1. The average molecular weight is 170 g/mol. The molecular weight excluding hydrogens is 152 g/mol. The van der Waals surface area contributed by atoms with Crippen LogP contribution in [-0.4, -0.2) is 19.0 Å². The first-order chi connectivity index (χ1) is 5.77. The Morgan fingerprint density at radius 2 is 2.08 bits per heavy atom. The maximum absolute atomic E-state index is 11.0. The lowest BCUT2D eigenvalue weighted by Crippen LogP contribution is -2.26. The van der Waals surface area contributed by atoms with E-state index in [2.05, 4.69) is 6.92 Å². The van der Waals surface area contributed by atoms with E-state index >= 15 is 0 Å². The van der Waals surface area contributed by atoms with E-state index in [4.69, 9.17) is 4.74 Å². The summed E-state index contributed by atoms with van der Waals surface area (Å²) in [7, 11) is 1.77. The normalized spacial score (nSPS) is 22.7. The van der Waals surface area contributed by atoms with E-state index in [0.717, 1.165) is 32.1 Å². The van der Waals surface area contributed by atoms with Crippen molar-refractivity contribution in [2.45, 2.75) is 45.1 Å². The molecule has 70 valence electrons. The Morgan fingerprint density at radius 3 is 2.50 bits per heavy atom. The van der Waals surface area contributed by atoms with Gasteiger partial charge in [0.15, 0.2) is 0 Å².